The standard InChI is InChI=1S/C18H20N4O/c1-14-4-2-7-17-19-20-18(22(14)17)16-6-3-5-15(12-16)13-21-8-10-23-11-9-21/h2-7,12H,8-11,13H2,1H3. The quantitative estimate of drug-likeness (QED) is 0.746. The smallest absolute Gasteiger partial charge is 0.168 e. The molecule has 0 atom stereocenters. The van der Waals surface area contributed by atoms with Crippen LogP contribution in [0.1, 0.15) is 11.3 Å². The van der Waals surface area contributed by atoms with Crippen molar-refractivity contribution in [3.8, 4) is 11.4 Å². The van der Waals surface area contributed by atoms with E-state index in [1.165, 1.54) is 5.56 Å². The van der Waals surface area contributed by atoms with Gasteiger partial charge in [0.15, 0.2) is 11.5 Å². The summed E-state index contributed by atoms with van der Waals surface area (Å²) in [6.07, 6.45) is 0. The van der Waals surface area contributed by atoms with E-state index in [1.54, 1.807) is 0 Å². The van der Waals surface area contributed by atoms with Gasteiger partial charge in [0.1, 0.15) is 0 Å². The maximum atomic E-state index is 5.42. The van der Waals surface area contributed by atoms with Gasteiger partial charge in [0.05, 0.1) is 13.2 Å². The Kier molecular flexibility index (Phi) is 3.81. The molecule has 0 saturated carbocycles. The Morgan fingerprint density at radius 1 is 1.04 bits per heavy atom. The molecular formula is C18H20N4O. The van der Waals surface area contributed by atoms with Gasteiger partial charge < -0.3 is 4.74 Å². The van der Waals surface area contributed by atoms with Crippen LogP contribution >= 0.6 is 0 Å². The first-order chi connectivity index (χ1) is 11.3. The van der Waals surface area contributed by atoms with Gasteiger partial charge in [-0.3, -0.25) is 9.30 Å². The Bertz CT molecular complexity index is 821. The Labute approximate surface area is 135 Å². The molecule has 1 saturated heterocycles. The number of hydrogen-bond acceptors (Lipinski definition) is 4. The monoisotopic (exact) mass is 308 g/mol. The second-order valence-electron chi connectivity index (χ2n) is 5.97. The Hall–Kier alpha value is -2.24. The second kappa shape index (κ2) is 6.10. The van der Waals surface area contributed by atoms with E-state index >= 15 is 0 Å². The largest absolute Gasteiger partial charge is 0.379 e. The first-order valence-corrected chi connectivity index (χ1v) is 8.01. The Balaban J connectivity index is 1.67. The lowest BCUT2D eigenvalue weighted by Gasteiger charge is -2.26. The molecule has 23 heavy (non-hydrogen) atoms. The van der Waals surface area contributed by atoms with Crippen molar-refractivity contribution in [2.24, 2.45) is 0 Å². The number of morpholine rings is 1. The number of pyridine rings is 1. The van der Waals surface area contributed by atoms with Gasteiger partial charge in [0.25, 0.3) is 0 Å². The zero-order valence-corrected chi connectivity index (χ0v) is 13.3. The van der Waals surface area contributed by atoms with Crippen molar-refractivity contribution in [1.82, 2.24) is 19.5 Å². The summed E-state index contributed by atoms with van der Waals surface area (Å²) in [4.78, 5) is 2.43. The first kappa shape index (κ1) is 14.4. The topological polar surface area (TPSA) is 42.7 Å². The molecule has 2 aromatic heterocycles. The van der Waals surface area contributed by atoms with E-state index in [0.29, 0.717) is 0 Å². The summed E-state index contributed by atoms with van der Waals surface area (Å²) < 4.78 is 7.52. The molecular weight excluding hydrogens is 288 g/mol. The molecule has 1 aliphatic rings. The molecule has 0 aliphatic carbocycles. The molecule has 4 rings (SSSR count). The van der Waals surface area contributed by atoms with Crippen LogP contribution in [0.25, 0.3) is 17.0 Å². The minimum absolute atomic E-state index is 0.827. The van der Waals surface area contributed by atoms with Crippen LogP contribution in [0.4, 0.5) is 0 Å². The fourth-order valence-corrected chi connectivity index (χ4v) is 3.11. The average Bonchev–Trinajstić information content (AvgIpc) is 3.02. The third-order valence-corrected chi connectivity index (χ3v) is 4.32. The number of ether oxygens (including phenoxy) is 1. The Morgan fingerprint density at radius 2 is 1.87 bits per heavy atom. The van der Waals surface area contributed by atoms with Crippen LogP contribution in [0.5, 0.6) is 0 Å². The van der Waals surface area contributed by atoms with Crippen molar-refractivity contribution in [3.63, 3.8) is 0 Å². The van der Waals surface area contributed by atoms with Crippen LogP contribution in [0.2, 0.25) is 0 Å². The van der Waals surface area contributed by atoms with E-state index in [2.05, 4.69) is 56.8 Å². The second-order valence-corrected chi connectivity index (χ2v) is 5.97. The third kappa shape index (κ3) is 2.85. The fourth-order valence-electron chi connectivity index (χ4n) is 3.11. The maximum absolute atomic E-state index is 5.42. The minimum Gasteiger partial charge on any atom is -0.379 e. The molecule has 0 radical (unpaired) electrons. The number of hydrogen-bond donors (Lipinski definition) is 0. The van der Waals surface area contributed by atoms with Gasteiger partial charge in [0.2, 0.25) is 0 Å². The highest BCUT2D eigenvalue weighted by molar-refractivity contribution is 5.61. The molecule has 0 unspecified atom stereocenters. The molecule has 1 fully saturated rings. The fraction of sp³-hybridized carbons (Fsp3) is 0.333. The molecule has 5 nitrogen and oxygen atoms in total. The predicted molar refractivity (Wildman–Crippen MR) is 89.3 cm³/mol. The molecule has 0 bridgehead atoms. The van der Waals surface area contributed by atoms with E-state index < -0.39 is 0 Å². The molecule has 0 N–H and O–H groups in total. The van der Waals surface area contributed by atoms with Crippen molar-refractivity contribution in [1.29, 1.82) is 0 Å². The van der Waals surface area contributed by atoms with Crippen molar-refractivity contribution in [2.75, 3.05) is 26.3 Å². The lowest BCUT2D eigenvalue weighted by Crippen LogP contribution is -2.35. The summed E-state index contributed by atoms with van der Waals surface area (Å²) in [6.45, 7) is 6.68. The minimum atomic E-state index is 0.827. The van der Waals surface area contributed by atoms with Crippen LogP contribution < -0.4 is 0 Å². The number of nitrogens with zero attached hydrogens (tertiary/aromatic N) is 4. The lowest BCUT2D eigenvalue weighted by molar-refractivity contribution is 0.0342. The van der Waals surface area contributed by atoms with E-state index in [4.69, 9.17) is 4.74 Å². The normalized spacial score (nSPS) is 16.0. The predicted octanol–water partition coefficient (Wildman–Crippen LogP) is 2.54. The molecule has 0 amide bonds. The van der Waals surface area contributed by atoms with Crippen LogP contribution in [0, 0.1) is 6.92 Å². The molecule has 3 heterocycles. The zero-order valence-electron chi connectivity index (χ0n) is 13.3. The summed E-state index contributed by atoms with van der Waals surface area (Å²) in [5.41, 5.74) is 4.44. The summed E-state index contributed by atoms with van der Waals surface area (Å²) in [6, 6.07) is 14.7. The summed E-state index contributed by atoms with van der Waals surface area (Å²) in [5.74, 6) is 0.905. The van der Waals surface area contributed by atoms with E-state index in [1.807, 2.05) is 12.1 Å². The van der Waals surface area contributed by atoms with Crippen LogP contribution in [-0.2, 0) is 11.3 Å². The first-order valence-electron chi connectivity index (χ1n) is 8.01. The van der Waals surface area contributed by atoms with Gasteiger partial charge in [-0.15, -0.1) is 10.2 Å². The van der Waals surface area contributed by atoms with Crippen molar-refractivity contribution in [3.05, 3.63) is 53.7 Å². The zero-order chi connectivity index (χ0) is 15.6. The van der Waals surface area contributed by atoms with Gasteiger partial charge in [-0.2, -0.15) is 0 Å². The van der Waals surface area contributed by atoms with Crippen molar-refractivity contribution < 1.29 is 4.74 Å². The Morgan fingerprint density at radius 3 is 2.74 bits per heavy atom. The van der Waals surface area contributed by atoms with Gasteiger partial charge in [0, 0.05) is 30.9 Å². The van der Waals surface area contributed by atoms with Crippen LogP contribution in [0.3, 0.4) is 0 Å². The highest BCUT2D eigenvalue weighted by atomic mass is 16.5. The lowest BCUT2D eigenvalue weighted by atomic mass is 10.1. The van der Waals surface area contributed by atoms with Crippen LogP contribution in [-0.4, -0.2) is 45.8 Å². The third-order valence-electron chi connectivity index (χ3n) is 4.32. The SMILES string of the molecule is Cc1cccc2nnc(-c3cccc(CN4CCOCC4)c3)n12. The molecule has 1 aliphatic heterocycles. The van der Waals surface area contributed by atoms with Gasteiger partial charge in [-0.1, -0.05) is 24.3 Å². The number of benzene rings is 1. The molecule has 118 valence electrons. The number of rotatable bonds is 3. The van der Waals surface area contributed by atoms with Gasteiger partial charge in [-0.05, 0) is 30.7 Å². The van der Waals surface area contributed by atoms with Gasteiger partial charge >= 0.3 is 0 Å². The number of aromatic nitrogens is 3. The van der Waals surface area contributed by atoms with Crippen molar-refractivity contribution >= 4 is 5.65 Å². The van der Waals surface area contributed by atoms with E-state index in [-0.39, 0.29) is 0 Å². The highest BCUT2D eigenvalue weighted by Crippen LogP contribution is 2.21. The molecule has 5 heteroatoms. The van der Waals surface area contributed by atoms with Crippen LogP contribution in [0.15, 0.2) is 42.5 Å². The molecule has 0 spiro atoms. The number of fused-ring (bicyclic) bond motifs is 1. The van der Waals surface area contributed by atoms with E-state index in [9.17, 15) is 0 Å². The summed E-state index contributed by atoms with van der Waals surface area (Å²) >= 11 is 0. The van der Waals surface area contributed by atoms with Gasteiger partial charge in [-0.25, -0.2) is 0 Å². The highest BCUT2D eigenvalue weighted by Gasteiger charge is 2.13. The molecule has 3 aromatic rings. The maximum Gasteiger partial charge on any atom is 0.168 e. The van der Waals surface area contributed by atoms with E-state index in [0.717, 1.165) is 55.6 Å². The van der Waals surface area contributed by atoms with Crippen molar-refractivity contribution in [2.45, 2.75) is 13.5 Å². The molecule has 1 aromatic carbocycles. The summed E-state index contributed by atoms with van der Waals surface area (Å²) in [5, 5.41) is 8.68. The summed E-state index contributed by atoms with van der Waals surface area (Å²) in [7, 11) is 0. The number of aryl methyl sites for hydroxylation is 1. The average molecular weight is 308 g/mol.